The normalized spacial score (nSPS) is 14.3. The number of carbonyl (C=O) groups excluding carboxylic acids is 14. The van der Waals surface area contributed by atoms with Crippen molar-refractivity contribution in [3.8, 4) is 5.75 Å². The molecule has 0 aliphatic heterocycles. The molecule has 14 amide bonds. The highest BCUT2D eigenvalue weighted by Crippen LogP contribution is 2.22. The molecule has 2 aromatic heterocycles. The number of primary amides is 3. The van der Waals surface area contributed by atoms with E-state index < -0.39 is 169 Å². The van der Waals surface area contributed by atoms with Crippen LogP contribution in [0.1, 0.15) is 121 Å². The van der Waals surface area contributed by atoms with Crippen molar-refractivity contribution in [3.63, 3.8) is 0 Å². The first-order chi connectivity index (χ1) is 50.1. The van der Waals surface area contributed by atoms with E-state index in [1.54, 1.807) is 74.8 Å². The molecule has 0 aliphatic rings. The van der Waals surface area contributed by atoms with E-state index in [1.807, 2.05) is 13.8 Å². The molecule has 572 valence electrons. The van der Waals surface area contributed by atoms with Crippen LogP contribution in [0.15, 0.2) is 85.2 Å². The molecule has 34 nitrogen and oxygen atoms in total. The summed E-state index contributed by atoms with van der Waals surface area (Å²) >= 11 is 0. The number of aromatic hydroxyl groups is 1. The van der Waals surface area contributed by atoms with Gasteiger partial charge in [-0.2, -0.15) is 0 Å². The SMILES string of the molecule is CCC(C)CCC(=O)N[C@H](CC(N)=O)C(=O)N[C@H](Cc1ccc(O)cc1)C(=O)N[C@H](Cc1c[nH]c2ccccc12)C(=O)N[C@H](CCCN)C(=O)N[C@@H](CCCN)C(=O)NCC(=O)N[C@H](CCCN)C(=O)N[C@@H](Cc1c[nH]c2ccccc12)C(=O)N[C@@H](CC(N)=O)C(=O)N[C@H](C(=O)NCC(N)=O)[C@@H](C)CC. The summed E-state index contributed by atoms with van der Waals surface area (Å²) in [5.74, 6) is -12.9. The minimum absolute atomic E-state index is 0.0302. The Kier molecular flexibility index (Phi) is 34.8. The van der Waals surface area contributed by atoms with Crippen LogP contribution in [-0.4, -0.2) is 185 Å². The van der Waals surface area contributed by atoms with Gasteiger partial charge < -0.3 is 108 Å². The molecule has 0 radical (unpaired) electrons. The van der Waals surface area contributed by atoms with Gasteiger partial charge in [-0.1, -0.05) is 89.1 Å². The lowest BCUT2D eigenvalue weighted by molar-refractivity contribution is -0.136. The molecule has 26 N–H and O–H groups in total. The fraction of sp³-hybridized carbons (Fsp3) is 0.493. The smallest absolute Gasteiger partial charge is 0.243 e. The third-order valence-electron chi connectivity index (χ3n) is 17.8. The van der Waals surface area contributed by atoms with Crippen LogP contribution < -0.4 is 92.9 Å². The highest BCUT2D eigenvalue weighted by atomic mass is 16.3. The zero-order valence-electron chi connectivity index (χ0n) is 59.7. The number of aromatic amines is 2. The van der Waals surface area contributed by atoms with Crippen molar-refractivity contribution in [1.29, 1.82) is 0 Å². The first-order valence-corrected chi connectivity index (χ1v) is 35.2. The Hall–Kier alpha value is -11.0. The average Bonchev–Trinajstić information content (AvgIpc) is 1.74. The Morgan fingerprint density at radius 3 is 1.26 bits per heavy atom. The van der Waals surface area contributed by atoms with Crippen LogP contribution in [0, 0.1) is 11.8 Å². The average molecular weight is 1460 g/mol. The van der Waals surface area contributed by atoms with Crippen molar-refractivity contribution < 1.29 is 72.2 Å². The molecular formula is C71H103N19O15. The number of rotatable bonds is 47. The van der Waals surface area contributed by atoms with Crippen LogP contribution in [0.3, 0.4) is 0 Å². The Balaban J connectivity index is 1.37. The number of carbonyl (C=O) groups is 14. The first kappa shape index (κ1) is 84.7. The molecule has 5 rings (SSSR count). The minimum Gasteiger partial charge on any atom is -0.508 e. The summed E-state index contributed by atoms with van der Waals surface area (Å²) in [4.78, 5) is 198. The van der Waals surface area contributed by atoms with Gasteiger partial charge in [-0.15, -0.1) is 0 Å². The maximum atomic E-state index is 14.9. The Morgan fingerprint density at radius 1 is 0.410 bits per heavy atom. The van der Waals surface area contributed by atoms with Crippen LogP contribution in [0.2, 0.25) is 0 Å². The monoisotopic (exact) mass is 1460 g/mol. The zero-order valence-corrected chi connectivity index (χ0v) is 59.7. The van der Waals surface area contributed by atoms with Gasteiger partial charge in [-0.3, -0.25) is 67.1 Å². The molecular weight excluding hydrogens is 1360 g/mol. The Morgan fingerprint density at radius 2 is 0.800 bits per heavy atom. The number of para-hydroxylation sites is 2. The number of nitrogens with one attached hydrogen (secondary N) is 13. The second-order valence-electron chi connectivity index (χ2n) is 26.1. The summed E-state index contributed by atoms with van der Waals surface area (Å²) in [5, 5.41) is 39.8. The second kappa shape index (κ2) is 43.2. The number of benzene rings is 3. The largest absolute Gasteiger partial charge is 0.508 e. The van der Waals surface area contributed by atoms with Crippen LogP contribution in [0.5, 0.6) is 5.75 Å². The van der Waals surface area contributed by atoms with E-state index in [0.29, 0.717) is 51.3 Å². The van der Waals surface area contributed by atoms with Gasteiger partial charge in [0.1, 0.15) is 60.1 Å². The van der Waals surface area contributed by atoms with Crippen molar-refractivity contribution in [2.24, 2.45) is 46.2 Å². The van der Waals surface area contributed by atoms with E-state index in [-0.39, 0.29) is 95.5 Å². The Bertz CT molecular complexity index is 3810. The van der Waals surface area contributed by atoms with Crippen LogP contribution in [0.4, 0.5) is 0 Å². The van der Waals surface area contributed by atoms with Gasteiger partial charge >= 0.3 is 0 Å². The lowest BCUT2D eigenvalue weighted by Gasteiger charge is -2.28. The van der Waals surface area contributed by atoms with Gasteiger partial charge in [0.05, 0.1) is 25.9 Å². The highest BCUT2D eigenvalue weighted by molar-refractivity contribution is 6.01. The molecule has 1 unspecified atom stereocenters. The topological polar surface area (TPSA) is 579 Å². The maximum Gasteiger partial charge on any atom is 0.243 e. The van der Waals surface area contributed by atoms with Crippen molar-refractivity contribution in [2.45, 2.75) is 178 Å². The van der Waals surface area contributed by atoms with Gasteiger partial charge in [-0.05, 0) is 117 Å². The third-order valence-corrected chi connectivity index (χ3v) is 17.8. The fourth-order valence-corrected chi connectivity index (χ4v) is 11.4. The number of aromatic nitrogens is 2. The molecule has 2 heterocycles. The van der Waals surface area contributed by atoms with Crippen LogP contribution >= 0.6 is 0 Å². The number of hydrogen-bond acceptors (Lipinski definition) is 18. The van der Waals surface area contributed by atoms with E-state index >= 15 is 0 Å². The lowest BCUT2D eigenvalue weighted by Crippen LogP contribution is -2.60. The van der Waals surface area contributed by atoms with Crippen molar-refractivity contribution >= 4 is 105 Å². The predicted molar refractivity (Wildman–Crippen MR) is 389 cm³/mol. The quantitative estimate of drug-likeness (QED) is 0.0188. The summed E-state index contributed by atoms with van der Waals surface area (Å²) in [6, 6.07) is 6.60. The molecule has 11 atom stereocenters. The van der Waals surface area contributed by atoms with E-state index in [2.05, 4.69) is 68.5 Å². The lowest BCUT2D eigenvalue weighted by atomic mass is 9.97. The summed E-state index contributed by atoms with van der Waals surface area (Å²) < 4.78 is 0. The first-order valence-electron chi connectivity index (χ1n) is 35.2. The van der Waals surface area contributed by atoms with Gasteiger partial charge in [0.25, 0.3) is 0 Å². The van der Waals surface area contributed by atoms with Crippen molar-refractivity contribution in [2.75, 3.05) is 32.7 Å². The minimum atomic E-state index is -1.70. The van der Waals surface area contributed by atoms with Crippen LogP contribution in [-0.2, 0) is 86.4 Å². The number of hydrogen-bond donors (Lipinski definition) is 20. The molecule has 0 aliphatic carbocycles. The molecule has 0 saturated heterocycles. The molecule has 105 heavy (non-hydrogen) atoms. The van der Waals surface area contributed by atoms with E-state index in [4.69, 9.17) is 34.4 Å². The van der Waals surface area contributed by atoms with E-state index in [0.717, 1.165) is 6.42 Å². The zero-order chi connectivity index (χ0) is 77.3. The number of H-pyrrole nitrogens is 2. The number of fused-ring (bicyclic) bond motifs is 2. The summed E-state index contributed by atoms with van der Waals surface area (Å²) in [7, 11) is 0. The maximum absolute atomic E-state index is 14.9. The number of nitrogens with two attached hydrogens (primary N) is 6. The number of amides is 14. The number of phenols is 1. The third kappa shape index (κ3) is 27.9. The summed E-state index contributed by atoms with van der Waals surface area (Å²) in [5.41, 5.74) is 36.9. The van der Waals surface area contributed by atoms with Gasteiger partial charge in [0.2, 0.25) is 82.7 Å². The van der Waals surface area contributed by atoms with Gasteiger partial charge in [0, 0.05) is 59.9 Å². The van der Waals surface area contributed by atoms with E-state index in [9.17, 15) is 72.2 Å². The van der Waals surface area contributed by atoms with Crippen molar-refractivity contribution in [3.05, 3.63) is 102 Å². The fourth-order valence-electron chi connectivity index (χ4n) is 11.4. The molecule has 0 saturated carbocycles. The molecule has 0 bridgehead atoms. The summed E-state index contributed by atoms with van der Waals surface area (Å²) in [6.45, 7) is 6.09. The molecule has 0 spiro atoms. The number of phenolic OH excluding ortho intramolecular Hbond substituents is 1. The molecule has 0 fully saturated rings. The standard InChI is InChI=1S/C71H103N19O15/c1-5-39(3)21-26-60(95)83-55(33-57(75)92)69(103)86-52(30-41-22-24-44(91)25-23-41)66(100)88-53(31-42-35-78-47-16-9-7-14-45(42)47)67(101)85-51(20-13-29-74)65(99)84-49(18-11-27-72)63(97)81-38-61(96)82-50(19-12-28-73)64(98)87-54(32-43-36-79-48-17-10-8-15-46(43)48)68(102)89-56(34-58(76)93)70(104)90-62(40(4)6-2)71(105)80-37-59(77)94/h7-10,14-17,22-25,35-36,39-40,49-56,62,78-79,91H,5-6,11-13,18-21,26-34,37-38,72-74H2,1-4H3,(H2,75,92)(H2,76,93)(H2,77,94)(H,80,105)(H,81,97)(H,82,96)(H,83,95)(H,84,99)(H,85,101)(H,86,103)(H,87,98)(H,88,100)(H,89,102)(H,90,104)/t39?,40-,49-,50+,51+,52+,53+,54-,55+,56-,62-/m0/s1. The highest BCUT2D eigenvalue weighted by Gasteiger charge is 2.37. The second-order valence-corrected chi connectivity index (χ2v) is 26.1. The molecule has 5 aromatic rings. The van der Waals surface area contributed by atoms with Gasteiger partial charge in [0.15, 0.2) is 0 Å². The molecule has 34 heteroatoms. The van der Waals surface area contributed by atoms with E-state index in [1.165, 1.54) is 24.3 Å². The Labute approximate surface area is 607 Å². The predicted octanol–water partition coefficient (Wildman–Crippen LogP) is -2.70. The van der Waals surface area contributed by atoms with Gasteiger partial charge in [-0.25, -0.2) is 0 Å². The summed E-state index contributed by atoms with van der Waals surface area (Å²) in [6.07, 6.45) is 3.04. The van der Waals surface area contributed by atoms with Crippen LogP contribution in [0.25, 0.3) is 21.8 Å². The van der Waals surface area contributed by atoms with Crippen molar-refractivity contribution in [1.82, 2.24) is 68.5 Å². The molecule has 3 aromatic carbocycles.